The topological polar surface area (TPSA) is 26.3 Å². The molecule has 27 heavy (non-hydrogen) atoms. The molecule has 0 radical (unpaired) electrons. The summed E-state index contributed by atoms with van der Waals surface area (Å²) in [5.74, 6) is 1.43. The second-order valence-electron chi connectivity index (χ2n) is 6.49. The van der Waals surface area contributed by atoms with Crippen molar-refractivity contribution in [2.24, 2.45) is 0 Å². The van der Waals surface area contributed by atoms with Crippen molar-refractivity contribution in [2.45, 2.75) is 13.8 Å². The number of allylic oxidation sites excluding steroid dienone is 1. The molecule has 0 atom stereocenters. The number of carbonyl (C=O) groups excluding carboxylic acids is 1. The summed E-state index contributed by atoms with van der Waals surface area (Å²) >= 11 is 0. The van der Waals surface area contributed by atoms with E-state index in [2.05, 4.69) is 36.4 Å². The maximum Gasteiger partial charge on any atom is 0.335 e. The molecule has 0 saturated heterocycles. The summed E-state index contributed by atoms with van der Waals surface area (Å²) in [7, 11) is 0. The molecule has 0 fully saturated rings. The van der Waals surface area contributed by atoms with Crippen LogP contribution in [0.5, 0.6) is 0 Å². The molecule has 0 saturated carbocycles. The Hall–Kier alpha value is -2.83. The lowest BCUT2D eigenvalue weighted by molar-refractivity contribution is -0.129. The van der Waals surface area contributed by atoms with Gasteiger partial charge in [-0.2, -0.15) is 0 Å². The summed E-state index contributed by atoms with van der Waals surface area (Å²) in [5, 5.41) is 3.44. The van der Waals surface area contributed by atoms with Crippen molar-refractivity contribution in [2.75, 3.05) is 0 Å². The highest BCUT2D eigenvalue weighted by molar-refractivity contribution is 7.94. The van der Waals surface area contributed by atoms with Crippen molar-refractivity contribution >= 4 is 34.8 Å². The molecule has 3 rings (SSSR count). The molecule has 0 amide bonds. The molecule has 0 unspecified atom stereocenters. The van der Waals surface area contributed by atoms with E-state index in [0.717, 1.165) is 21.5 Å². The van der Waals surface area contributed by atoms with Crippen molar-refractivity contribution in [1.82, 2.24) is 0 Å². The highest BCUT2D eigenvalue weighted by atomic mass is 31.2. The van der Waals surface area contributed by atoms with Crippen LogP contribution in [0.4, 0.5) is 0 Å². The van der Waals surface area contributed by atoms with Crippen LogP contribution in [0.2, 0.25) is 0 Å². The summed E-state index contributed by atoms with van der Waals surface area (Å²) < 4.78 is 5.69. The fourth-order valence-electron chi connectivity index (χ4n) is 3.02. The Labute approximate surface area is 161 Å². The van der Waals surface area contributed by atoms with Gasteiger partial charge in [0.25, 0.3) is 0 Å². The van der Waals surface area contributed by atoms with Gasteiger partial charge in [0.1, 0.15) is 5.98 Å². The Kier molecular flexibility index (Phi) is 6.11. The Bertz CT molecular complexity index is 867. The van der Waals surface area contributed by atoms with Crippen LogP contribution in [0.15, 0.2) is 103 Å². The fraction of sp³-hybridized carbons (Fsp3) is 0.0833. The lowest BCUT2D eigenvalue weighted by Gasteiger charge is -2.27. The molecular formula is C24H23O2P. The van der Waals surface area contributed by atoms with E-state index < -0.39 is 6.89 Å². The second-order valence-corrected chi connectivity index (χ2v) is 9.70. The summed E-state index contributed by atoms with van der Waals surface area (Å²) in [4.78, 5) is 12.3. The van der Waals surface area contributed by atoms with Crippen LogP contribution in [0.1, 0.15) is 13.8 Å². The van der Waals surface area contributed by atoms with Crippen LogP contribution in [-0.2, 0) is 9.53 Å². The number of rotatable bonds is 5. The lowest BCUT2D eigenvalue weighted by Crippen LogP contribution is -2.27. The van der Waals surface area contributed by atoms with E-state index in [1.807, 2.05) is 68.4 Å². The van der Waals surface area contributed by atoms with Crippen molar-refractivity contribution in [3.63, 3.8) is 0 Å². The van der Waals surface area contributed by atoms with Crippen LogP contribution in [-0.4, -0.2) is 12.0 Å². The highest BCUT2D eigenvalue weighted by Gasteiger charge is 2.26. The zero-order chi connectivity index (χ0) is 19.1. The third kappa shape index (κ3) is 4.30. The van der Waals surface area contributed by atoms with Gasteiger partial charge >= 0.3 is 5.97 Å². The number of esters is 1. The number of ether oxygens (including phenoxy) is 1. The van der Waals surface area contributed by atoms with Crippen molar-refractivity contribution in [3.8, 4) is 0 Å². The molecule has 2 nitrogen and oxygen atoms in total. The summed E-state index contributed by atoms with van der Waals surface area (Å²) in [5.41, 5.74) is 0.913. The SMILES string of the molecule is CC(C)=CC(=O)OC=P(c1ccccc1)(c1ccccc1)c1ccccc1. The predicted octanol–water partition coefficient (Wildman–Crippen LogP) is 4.25. The van der Waals surface area contributed by atoms with Gasteiger partial charge in [0, 0.05) is 13.0 Å². The maximum atomic E-state index is 12.3. The molecule has 136 valence electrons. The molecule has 3 aromatic rings. The van der Waals surface area contributed by atoms with Gasteiger partial charge in [0.05, 0.1) is 0 Å². The minimum atomic E-state index is -2.25. The number of benzene rings is 3. The fourth-order valence-corrected chi connectivity index (χ4v) is 6.47. The Morgan fingerprint density at radius 2 is 1.07 bits per heavy atom. The first-order valence-corrected chi connectivity index (χ1v) is 10.7. The highest BCUT2D eigenvalue weighted by Crippen LogP contribution is 2.43. The standard InChI is InChI=1S/C24H23O2P/c1-20(2)18-24(25)26-19-27(21-12-6-3-7-13-21,22-14-8-4-9-15-22)23-16-10-5-11-17-23/h3-19H,1-2H3. The van der Waals surface area contributed by atoms with Gasteiger partial charge in [-0.1, -0.05) is 96.6 Å². The molecule has 3 aromatic carbocycles. The number of carbonyl (C=O) groups is 1. The van der Waals surface area contributed by atoms with E-state index >= 15 is 0 Å². The zero-order valence-corrected chi connectivity index (χ0v) is 16.5. The lowest BCUT2D eigenvalue weighted by atomic mass is 10.3. The average Bonchev–Trinajstić information content (AvgIpc) is 2.70. The molecule has 3 heteroatoms. The molecule has 0 aliphatic rings. The zero-order valence-electron chi connectivity index (χ0n) is 15.6. The first kappa shape index (κ1) is 18.9. The molecule has 0 spiro atoms. The number of hydrogen-bond donors (Lipinski definition) is 0. The quantitative estimate of drug-likeness (QED) is 0.379. The molecule has 0 N–H and O–H groups in total. The smallest absolute Gasteiger partial charge is 0.335 e. The molecule has 0 aliphatic heterocycles. The predicted molar refractivity (Wildman–Crippen MR) is 117 cm³/mol. The summed E-state index contributed by atoms with van der Waals surface area (Å²) in [6.07, 6.45) is 1.52. The largest absolute Gasteiger partial charge is 0.430 e. The van der Waals surface area contributed by atoms with Crippen LogP contribution in [0, 0.1) is 0 Å². The summed E-state index contributed by atoms with van der Waals surface area (Å²) in [6.45, 7) is 1.52. The molecule has 0 aliphatic carbocycles. The minimum absolute atomic E-state index is 0.345. The first-order valence-electron chi connectivity index (χ1n) is 8.88. The monoisotopic (exact) mass is 374 g/mol. The molecular weight excluding hydrogens is 351 g/mol. The van der Waals surface area contributed by atoms with Crippen LogP contribution >= 0.6 is 6.89 Å². The van der Waals surface area contributed by atoms with Crippen molar-refractivity contribution < 1.29 is 9.53 Å². The molecule has 0 bridgehead atoms. The van der Waals surface area contributed by atoms with Crippen LogP contribution < -0.4 is 15.9 Å². The second kappa shape index (κ2) is 8.70. The van der Waals surface area contributed by atoms with E-state index in [0.29, 0.717) is 0 Å². The van der Waals surface area contributed by atoms with Crippen molar-refractivity contribution in [3.05, 3.63) is 103 Å². The van der Waals surface area contributed by atoms with Gasteiger partial charge in [0.15, 0.2) is 0 Å². The third-order valence-corrected chi connectivity index (χ3v) is 7.98. The van der Waals surface area contributed by atoms with Gasteiger partial charge in [-0.15, -0.1) is 0 Å². The normalized spacial score (nSPS) is 10.7. The van der Waals surface area contributed by atoms with Crippen LogP contribution in [0.25, 0.3) is 0 Å². The number of hydrogen-bond acceptors (Lipinski definition) is 2. The molecule has 0 heterocycles. The average molecular weight is 374 g/mol. The van der Waals surface area contributed by atoms with E-state index in [4.69, 9.17) is 4.74 Å². The van der Waals surface area contributed by atoms with E-state index in [-0.39, 0.29) is 5.97 Å². The van der Waals surface area contributed by atoms with Gasteiger partial charge in [-0.05, 0) is 29.8 Å². The third-order valence-electron chi connectivity index (χ3n) is 4.22. The Morgan fingerprint density at radius 3 is 1.41 bits per heavy atom. The summed E-state index contributed by atoms with van der Waals surface area (Å²) in [6, 6.07) is 30.8. The van der Waals surface area contributed by atoms with E-state index in [1.54, 1.807) is 5.98 Å². The van der Waals surface area contributed by atoms with Gasteiger partial charge in [-0.3, -0.25) is 0 Å². The van der Waals surface area contributed by atoms with Gasteiger partial charge < -0.3 is 4.74 Å². The first-order chi connectivity index (χ1) is 13.1. The maximum absolute atomic E-state index is 12.3. The Balaban J connectivity index is 2.29. The van der Waals surface area contributed by atoms with Gasteiger partial charge in [0.2, 0.25) is 0 Å². The minimum Gasteiger partial charge on any atom is -0.430 e. The molecule has 0 aromatic heterocycles. The van der Waals surface area contributed by atoms with Gasteiger partial charge in [-0.25, -0.2) is 4.79 Å². The Morgan fingerprint density at radius 1 is 0.704 bits per heavy atom. The van der Waals surface area contributed by atoms with Crippen molar-refractivity contribution in [1.29, 1.82) is 0 Å². The van der Waals surface area contributed by atoms with E-state index in [1.165, 1.54) is 6.08 Å². The van der Waals surface area contributed by atoms with Crippen LogP contribution in [0.3, 0.4) is 0 Å². The van der Waals surface area contributed by atoms with E-state index in [9.17, 15) is 4.79 Å².